The molecular weight excluding hydrogens is 198 g/mol. The molecule has 0 fully saturated rings. The summed E-state index contributed by atoms with van der Waals surface area (Å²) in [5, 5.41) is 14.0. The van der Waals surface area contributed by atoms with Gasteiger partial charge in [-0.1, -0.05) is 44.5 Å². The van der Waals surface area contributed by atoms with Gasteiger partial charge in [0, 0.05) is 6.54 Å². The largest absolute Gasteiger partial charge is 0.384 e. The maximum atomic E-state index is 10.7. The van der Waals surface area contributed by atoms with E-state index in [1.807, 2.05) is 18.2 Å². The standard InChI is InChI=1S/C14H23NO/c1-4-10-14(16,11-15-5-2)13-9-7-6-8-12(13)3/h6-9,15-16H,4-5,10-11H2,1-3H3. The second-order valence-electron chi connectivity index (χ2n) is 4.38. The van der Waals surface area contributed by atoms with Crippen LogP contribution in [0.2, 0.25) is 0 Å². The molecule has 0 aliphatic rings. The molecule has 2 N–H and O–H groups in total. The maximum absolute atomic E-state index is 10.7. The van der Waals surface area contributed by atoms with Crippen molar-refractivity contribution in [3.63, 3.8) is 0 Å². The first kappa shape index (κ1) is 13.2. The summed E-state index contributed by atoms with van der Waals surface area (Å²) in [7, 11) is 0. The van der Waals surface area contributed by atoms with Gasteiger partial charge in [-0.2, -0.15) is 0 Å². The van der Waals surface area contributed by atoms with Crippen molar-refractivity contribution < 1.29 is 5.11 Å². The van der Waals surface area contributed by atoms with Gasteiger partial charge in [0.2, 0.25) is 0 Å². The average molecular weight is 221 g/mol. The lowest BCUT2D eigenvalue weighted by Gasteiger charge is -2.30. The Balaban J connectivity index is 2.96. The predicted octanol–water partition coefficient (Wildman–Crippen LogP) is 2.59. The molecule has 0 amide bonds. The van der Waals surface area contributed by atoms with Crippen LogP contribution in [0.15, 0.2) is 24.3 Å². The molecule has 0 heterocycles. The topological polar surface area (TPSA) is 32.3 Å². The lowest BCUT2D eigenvalue weighted by Crippen LogP contribution is -2.38. The zero-order valence-electron chi connectivity index (χ0n) is 10.6. The minimum atomic E-state index is -0.726. The van der Waals surface area contributed by atoms with Gasteiger partial charge in [0.15, 0.2) is 0 Å². The third-order valence-corrected chi connectivity index (χ3v) is 2.98. The van der Waals surface area contributed by atoms with Crippen molar-refractivity contribution in [2.45, 2.75) is 39.2 Å². The van der Waals surface area contributed by atoms with Crippen molar-refractivity contribution in [2.24, 2.45) is 0 Å². The number of aryl methyl sites for hydroxylation is 1. The van der Waals surface area contributed by atoms with Crippen molar-refractivity contribution >= 4 is 0 Å². The lowest BCUT2D eigenvalue weighted by atomic mass is 9.86. The number of hydrogen-bond acceptors (Lipinski definition) is 2. The molecule has 0 saturated carbocycles. The van der Waals surface area contributed by atoms with E-state index in [4.69, 9.17) is 0 Å². The molecule has 90 valence electrons. The fraction of sp³-hybridized carbons (Fsp3) is 0.571. The van der Waals surface area contributed by atoms with Crippen LogP contribution in [-0.4, -0.2) is 18.2 Å². The van der Waals surface area contributed by atoms with Crippen LogP contribution < -0.4 is 5.32 Å². The van der Waals surface area contributed by atoms with E-state index in [0.29, 0.717) is 6.54 Å². The van der Waals surface area contributed by atoms with Gasteiger partial charge < -0.3 is 10.4 Å². The Morgan fingerprint density at radius 2 is 1.94 bits per heavy atom. The molecule has 1 rings (SSSR count). The smallest absolute Gasteiger partial charge is 0.102 e. The Hall–Kier alpha value is -0.860. The molecule has 1 aromatic carbocycles. The normalized spacial score (nSPS) is 14.8. The fourth-order valence-corrected chi connectivity index (χ4v) is 2.16. The highest BCUT2D eigenvalue weighted by Gasteiger charge is 2.28. The Kier molecular flexibility index (Phi) is 4.97. The lowest BCUT2D eigenvalue weighted by molar-refractivity contribution is 0.0269. The summed E-state index contributed by atoms with van der Waals surface area (Å²) in [5.74, 6) is 0. The van der Waals surface area contributed by atoms with Crippen LogP contribution in [0.25, 0.3) is 0 Å². The SMILES string of the molecule is CCCC(O)(CNCC)c1ccccc1C. The zero-order chi connectivity index (χ0) is 12.0. The Bertz CT molecular complexity index is 324. The number of aliphatic hydroxyl groups is 1. The monoisotopic (exact) mass is 221 g/mol. The molecule has 2 heteroatoms. The van der Waals surface area contributed by atoms with Gasteiger partial charge in [0.1, 0.15) is 5.60 Å². The van der Waals surface area contributed by atoms with E-state index in [-0.39, 0.29) is 0 Å². The zero-order valence-corrected chi connectivity index (χ0v) is 10.6. The molecule has 2 nitrogen and oxygen atoms in total. The van der Waals surface area contributed by atoms with Gasteiger partial charge in [-0.05, 0) is 31.0 Å². The van der Waals surface area contributed by atoms with Crippen LogP contribution in [0.3, 0.4) is 0 Å². The van der Waals surface area contributed by atoms with Gasteiger partial charge >= 0.3 is 0 Å². The van der Waals surface area contributed by atoms with Crippen LogP contribution in [0, 0.1) is 6.92 Å². The first-order chi connectivity index (χ1) is 7.64. The van der Waals surface area contributed by atoms with Crippen LogP contribution in [0.1, 0.15) is 37.8 Å². The van der Waals surface area contributed by atoms with Crippen molar-refractivity contribution in [1.29, 1.82) is 0 Å². The molecule has 0 aliphatic heterocycles. The van der Waals surface area contributed by atoms with Gasteiger partial charge in [-0.3, -0.25) is 0 Å². The summed E-state index contributed by atoms with van der Waals surface area (Å²) >= 11 is 0. The number of hydrogen-bond donors (Lipinski definition) is 2. The third kappa shape index (κ3) is 3.06. The Morgan fingerprint density at radius 1 is 1.25 bits per heavy atom. The molecule has 1 aromatic rings. The first-order valence-electron chi connectivity index (χ1n) is 6.13. The van der Waals surface area contributed by atoms with Crippen LogP contribution >= 0.6 is 0 Å². The van der Waals surface area contributed by atoms with Crippen LogP contribution in [-0.2, 0) is 5.60 Å². The maximum Gasteiger partial charge on any atom is 0.102 e. The van der Waals surface area contributed by atoms with Gasteiger partial charge in [0.05, 0.1) is 0 Å². The van der Waals surface area contributed by atoms with Gasteiger partial charge in [-0.15, -0.1) is 0 Å². The van der Waals surface area contributed by atoms with Crippen molar-refractivity contribution in [3.8, 4) is 0 Å². The molecule has 0 radical (unpaired) electrons. The van der Waals surface area contributed by atoms with Crippen molar-refractivity contribution in [3.05, 3.63) is 35.4 Å². The molecule has 0 spiro atoms. The van der Waals surface area contributed by atoms with E-state index < -0.39 is 5.60 Å². The van der Waals surface area contributed by atoms with E-state index in [9.17, 15) is 5.11 Å². The Morgan fingerprint density at radius 3 is 2.50 bits per heavy atom. The molecule has 1 atom stereocenters. The number of benzene rings is 1. The van der Waals surface area contributed by atoms with Gasteiger partial charge in [-0.25, -0.2) is 0 Å². The minimum absolute atomic E-state index is 0.627. The molecule has 0 aromatic heterocycles. The quantitative estimate of drug-likeness (QED) is 0.774. The summed E-state index contributed by atoms with van der Waals surface area (Å²) < 4.78 is 0. The highest BCUT2D eigenvalue weighted by Crippen LogP contribution is 2.28. The molecule has 0 bridgehead atoms. The van der Waals surface area contributed by atoms with E-state index in [2.05, 4.69) is 32.2 Å². The van der Waals surface area contributed by atoms with E-state index in [1.54, 1.807) is 0 Å². The highest BCUT2D eigenvalue weighted by atomic mass is 16.3. The van der Waals surface area contributed by atoms with Gasteiger partial charge in [0.25, 0.3) is 0 Å². The number of likely N-dealkylation sites (N-methyl/N-ethyl adjacent to an activating group) is 1. The summed E-state index contributed by atoms with van der Waals surface area (Å²) in [6, 6.07) is 8.09. The molecule has 1 unspecified atom stereocenters. The molecule has 0 saturated heterocycles. The summed E-state index contributed by atoms with van der Waals surface area (Å²) in [4.78, 5) is 0. The van der Waals surface area contributed by atoms with Crippen molar-refractivity contribution in [1.82, 2.24) is 5.32 Å². The number of nitrogens with one attached hydrogen (secondary N) is 1. The number of rotatable bonds is 6. The van der Waals surface area contributed by atoms with Crippen LogP contribution in [0.5, 0.6) is 0 Å². The van der Waals surface area contributed by atoms with E-state index >= 15 is 0 Å². The fourth-order valence-electron chi connectivity index (χ4n) is 2.16. The summed E-state index contributed by atoms with van der Waals surface area (Å²) in [6.45, 7) is 7.74. The van der Waals surface area contributed by atoms with Crippen molar-refractivity contribution in [2.75, 3.05) is 13.1 Å². The second kappa shape index (κ2) is 6.02. The van der Waals surface area contributed by atoms with Crippen LogP contribution in [0.4, 0.5) is 0 Å². The first-order valence-corrected chi connectivity index (χ1v) is 6.13. The molecule has 16 heavy (non-hydrogen) atoms. The minimum Gasteiger partial charge on any atom is -0.384 e. The highest BCUT2D eigenvalue weighted by molar-refractivity contribution is 5.31. The molecule has 0 aliphatic carbocycles. The predicted molar refractivity (Wildman–Crippen MR) is 68.5 cm³/mol. The van der Waals surface area contributed by atoms with E-state index in [0.717, 1.165) is 30.5 Å². The third-order valence-electron chi connectivity index (χ3n) is 2.98. The molecular formula is C14H23NO. The second-order valence-corrected chi connectivity index (χ2v) is 4.38. The summed E-state index contributed by atoms with van der Waals surface area (Å²) in [6.07, 6.45) is 1.78. The Labute approximate surface area is 98.7 Å². The average Bonchev–Trinajstić information content (AvgIpc) is 2.27. The summed E-state index contributed by atoms with van der Waals surface area (Å²) in [5.41, 5.74) is 1.49. The van der Waals surface area contributed by atoms with E-state index in [1.165, 1.54) is 0 Å².